The van der Waals surface area contributed by atoms with Gasteiger partial charge in [0, 0.05) is 18.4 Å². The van der Waals surface area contributed by atoms with E-state index in [0.717, 1.165) is 37.7 Å². The van der Waals surface area contributed by atoms with E-state index in [0.29, 0.717) is 17.9 Å². The SMILES string of the molecule is CC1=C2C[C@@H](O)C3(C)CC[C@@H](O3)[C@@H](C)CC/C=C(/C)C[C@H]2OC1=O. The summed E-state index contributed by atoms with van der Waals surface area (Å²) in [6.07, 6.45) is 6.77. The molecule has 0 aromatic rings. The van der Waals surface area contributed by atoms with Gasteiger partial charge < -0.3 is 14.6 Å². The fourth-order valence-corrected chi connectivity index (χ4v) is 4.23. The molecule has 0 saturated carbocycles. The van der Waals surface area contributed by atoms with Crippen LogP contribution in [0.4, 0.5) is 0 Å². The van der Waals surface area contributed by atoms with Gasteiger partial charge in [0.2, 0.25) is 0 Å². The second-order valence-corrected chi connectivity index (χ2v) is 8.08. The van der Waals surface area contributed by atoms with Crippen LogP contribution in [0.15, 0.2) is 22.8 Å². The minimum absolute atomic E-state index is 0.214. The van der Waals surface area contributed by atoms with E-state index in [1.807, 2.05) is 13.8 Å². The Morgan fingerprint density at radius 3 is 2.75 bits per heavy atom. The van der Waals surface area contributed by atoms with Crippen molar-refractivity contribution in [2.75, 3.05) is 0 Å². The van der Waals surface area contributed by atoms with E-state index in [9.17, 15) is 9.90 Å². The second-order valence-electron chi connectivity index (χ2n) is 8.08. The molecule has 2 bridgehead atoms. The van der Waals surface area contributed by atoms with Crippen LogP contribution in [-0.4, -0.2) is 35.0 Å². The summed E-state index contributed by atoms with van der Waals surface area (Å²) in [5.41, 5.74) is 2.33. The summed E-state index contributed by atoms with van der Waals surface area (Å²) >= 11 is 0. The lowest BCUT2D eigenvalue weighted by molar-refractivity contribution is -0.139. The van der Waals surface area contributed by atoms with Crippen LogP contribution in [0.3, 0.4) is 0 Å². The van der Waals surface area contributed by atoms with Gasteiger partial charge in [-0.3, -0.25) is 0 Å². The van der Waals surface area contributed by atoms with Crippen molar-refractivity contribution in [2.45, 2.75) is 90.1 Å². The number of rotatable bonds is 0. The summed E-state index contributed by atoms with van der Waals surface area (Å²) in [6.45, 7) is 8.17. The molecule has 24 heavy (non-hydrogen) atoms. The van der Waals surface area contributed by atoms with Gasteiger partial charge in [0.15, 0.2) is 0 Å². The third kappa shape index (κ3) is 3.31. The van der Waals surface area contributed by atoms with Gasteiger partial charge in [-0.15, -0.1) is 0 Å². The van der Waals surface area contributed by atoms with Crippen LogP contribution in [-0.2, 0) is 14.3 Å². The normalized spacial score (nSPS) is 43.2. The minimum Gasteiger partial charge on any atom is -0.454 e. The highest BCUT2D eigenvalue weighted by Crippen LogP contribution is 2.41. The highest BCUT2D eigenvalue weighted by Gasteiger charge is 2.45. The average Bonchev–Trinajstić information content (AvgIpc) is 3.04. The first-order valence-corrected chi connectivity index (χ1v) is 9.22. The molecule has 5 atom stereocenters. The Morgan fingerprint density at radius 2 is 2.00 bits per heavy atom. The number of ether oxygens (including phenoxy) is 2. The van der Waals surface area contributed by atoms with Gasteiger partial charge in [-0.1, -0.05) is 18.6 Å². The van der Waals surface area contributed by atoms with Gasteiger partial charge in [-0.2, -0.15) is 0 Å². The zero-order chi connectivity index (χ0) is 17.5. The lowest BCUT2D eigenvalue weighted by Crippen LogP contribution is -2.41. The van der Waals surface area contributed by atoms with Crippen molar-refractivity contribution < 1.29 is 19.4 Å². The third-order valence-corrected chi connectivity index (χ3v) is 6.15. The lowest BCUT2D eigenvalue weighted by atomic mass is 9.86. The highest BCUT2D eigenvalue weighted by molar-refractivity contribution is 5.91. The molecule has 0 aromatic carbocycles. The zero-order valence-corrected chi connectivity index (χ0v) is 15.3. The molecular weight excluding hydrogens is 304 g/mol. The molecule has 0 aromatic heterocycles. The molecule has 0 radical (unpaired) electrons. The van der Waals surface area contributed by atoms with Crippen molar-refractivity contribution in [2.24, 2.45) is 5.92 Å². The quantitative estimate of drug-likeness (QED) is 0.542. The summed E-state index contributed by atoms with van der Waals surface area (Å²) in [5.74, 6) is 0.244. The predicted octanol–water partition coefficient (Wildman–Crippen LogP) is 3.68. The molecule has 3 aliphatic rings. The van der Waals surface area contributed by atoms with Crippen molar-refractivity contribution in [3.05, 3.63) is 22.8 Å². The van der Waals surface area contributed by atoms with E-state index in [4.69, 9.17) is 9.47 Å². The van der Waals surface area contributed by atoms with Crippen LogP contribution in [0, 0.1) is 5.92 Å². The molecule has 1 fully saturated rings. The molecule has 0 aliphatic carbocycles. The second kappa shape index (κ2) is 6.64. The van der Waals surface area contributed by atoms with Crippen LogP contribution in [0.2, 0.25) is 0 Å². The Labute approximate surface area is 144 Å². The van der Waals surface area contributed by atoms with Gasteiger partial charge >= 0.3 is 5.97 Å². The average molecular weight is 334 g/mol. The fourth-order valence-electron chi connectivity index (χ4n) is 4.23. The number of aliphatic hydroxyl groups is 1. The number of carbonyl (C=O) groups is 1. The van der Waals surface area contributed by atoms with Crippen molar-refractivity contribution in [1.29, 1.82) is 0 Å². The molecule has 1 unspecified atom stereocenters. The van der Waals surface area contributed by atoms with E-state index >= 15 is 0 Å². The molecule has 1 saturated heterocycles. The topological polar surface area (TPSA) is 55.8 Å². The number of fused-ring (bicyclic) bond motifs is 3. The molecule has 4 nitrogen and oxygen atoms in total. The summed E-state index contributed by atoms with van der Waals surface area (Å²) in [4.78, 5) is 12.0. The maximum Gasteiger partial charge on any atom is 0.334 e. The molecule has 4 heteroatoms. The first-order valence-electron chi connectivity index (χ1n) is 9.22. The number of hydrogen-bond acceptors (Lipinski definition) is 4. The molecule has 0 amide bonds. The van der Waals surface area contributed by atoms with Crippen molar-refractivity contribution in [3.8, 4) is 0 Å². The fraction of sp³-hybridized carbons (Fsp3) is 0.750. The number of esters is 1. The Kier molecular flexibility index (Phi) is 4.89. The van der Waals surface area contributed by atoms with Crippen LogP contribution in [0.5, 0.6) is 0 Å². The Morgan fingerprint density at radius 1 is 1.25 bits per heavy atom. The van der Waals surface area contributed by atoms with Crippen molar-refractivity contribution >= 4 is 5.97 Å². The standard InChI is InChI=1S/C20H30O4/c1-12-6-5-7-13(2)16-8-9-20(4,24-16)18(21)11-15-14(3)19(22)23-17(15)10-12/h6,13,16-18,21H,5,7-11H2,1-4H3/b12-6-/t13-,16+,17+,18+,20?/m0/s1. The van der Waals surface area contributed by atoms with Gasteiger partial charge in [0.05, 0.1) is 17.8 Å². The summed E-state index contributed by atoms with van der Waals surface area (Å²) < 4.78 is 11.9. The molecule has 3 aliphatic heterocycles. The van der Waals surface area contributed by atoms with Crippen molar-refractivity contribution in [3.63, 3.8) is 0 Å². The zero-order valence-electron chi connectivity index (χ0n) is 15.3. The highest BCUT2D eigenvalue weighted by atomic mass is 16.5. The molecule has 3 heterocycles. The van der Waals surface area contributed by atoms with Crippen LogP contribution in [0.1, 0.15) is 66.2 Å². The number of aliphatic hydroxyl groups excluding tert-OH is 1. The van der Waals surface area contributed by atoms with Gasteiger partial charge in [-0.25, -0.2) is 4.79 Å². The molecule has 1 N–H and O–H groups in total. The Balaban J connectivity index is 1.90. The Hall–Kier alpha value is -1.13. The van der Waals surface area contributed by atoms with E-state index in [1.165, 1.54) is 5.57 Å². The van der Waals surface area contributed by atoms with E-state index < -0.39 is 11.7 Å². The number of carbonyl (C=O) groups excluding carboxylic acids is 1. The summed E-state index contributed by atoms with van der Waals surface area (Å²) in [7, 11) is 0. The van der Waals surface area contributed by atoms with E-state index in [-0.39, 0.29) is 18.2 Å². The third-order valence-electron chi connectivity index (χ3n) is 6.15. The summed E-state index contributed by atoms with van der Waals surface area (Å²) in [5, 5.41) is 10.9. The maximum atomic E-state index is 12.0. The van der Waals surface area contributed by atoms with Crippen LogP contribution < -0.4 is 0 Å². The smallest absolute Gasteiger partial charge is 0.334 e. The number of allylic oxidation sites excluding steroid dienone is 1. The predicted molar refractivity (Wildman–Crippen MR) is 92.5 cm³/mol. The summed E-state index contributed by atoms with van der Waals surface area (Å²) in [6, 6.07) is 0. The number of hydrogen-bond donors (Lipinski definition) is 1. The first kappa shape index (κ1) is 17.7. The van der Waals surface area contributed by atoms with Gasteiger partial charge in [-0.05, 0) is 57.9 Å². The molecular formula is C20H30O4. The molecule has 3 rings (SSSR count). The van der Waals surface area contributed by atoms with Crippen LogP contribution >= 0.6 is 0 Å². The first-order chi connectivity index (χ1) is 11.3. The molecule has 134 valence electrons. The van der Waals surface area contributed by atoms with Gasteiger partial charge in [0.1, 0.15) is 6.10 Å². The molecule has 0 spiro atoms. The van der Waals surface area contributed by atoms with E-state index in [2.05, 4.69) is 19.9 Å². The lowest BCUT2D eigenvalue weighted by Gasteiger charge is -2.32. The maximum absolute atomic E-state index is 12.0. The van der Waals surface area contributed by atoms with Crippen LogP contribution in [0.25, 0.3) is 0 Å². The largest absolute Gasteiger partial charge is 0.454 e. The Bertz CT molecular complexity index is 576. The van der Waals surface area contributed by atoms with E-state index in [1.54, 1.807) is 0 Å². The van der Waals surface area contributed by atoms with Crippen molar-refractivity contribution in [1.82, 2.24) is 0 Å². The monoisotopic (exact) mass is 334 g/mol. The van der Waals surface area contributed by atoms with Gasteiger partial charge in [0.25, 0.3) is 0 Å². The minimum atomic E-state index is -0.610.